The number of carbonyl (C=O) groups excluding carboxylic acids is 1. The van der Waals surface area contributed by atoms with Gasteiger partial charge >= 0.3 is 6.09 Å². The predicted octanol–water partition coefficient (Wildman–Crippen LogP) is 3.43. The number of hydrogen-bond donors (Lipinski definition) is 2. The topological polar surface area (TPSA) is 63.2 Å². The number of carbonyl (C=O) groups is 1. The largest absolute Gasteiger partial charge is 0.444 e. The Morgan fingerprint density at radius 3 is 2.74 bits per heavy atom. The second-order valence-electron chi connectivity index (χ2n) is 4.84. The Hall–Kier alpha value is -1.01. The molecule has 0 radical (unpaired) electrons. The number of aromatic nitrogens is 1. The molecule has 1 aromatic rings. The van der Waals surface area contributed by atoms with E-state index in [1.165, 1.54) is 0 Å². The van der Waals surface area contributed by atoms with Crippen LogP contribution in [0.5, 0.6) is 0 Å². The molecule has 0 bridgehead atoms. The van der Waals surface area contributed by atoms with Gasteiger partial charge in [-0.05, 0) is 42.8 Å². The van der Waals surface area contributed by atoms with Crippen molar-refractivity contribution in [1.82, 2.24) is 10.3 Å². The Bertz CT molecular complexity index is 449. The first kappa shape index (κ1) is 16.0. The minimum Gasteiger partial charge on any atom is -0.444 e. The molecule has 0 aromatic carbocycles. The van der Waals surface area contributed by atoms with E-state index >= 15 is 0 Å². The number of nitrogens with zero attached hydrogens (tertiary/aromatic N) is 1. The molecule has 1 amide bonds. The Balaban J connectivity index is 2.29. The van der Waals surface area contributed by atoms with Gasteiger partial charge in [0.05, 0.1) is 9.50 Å². The van der Waals surface area contributed by atoms with Crippen LogP contribution in [-0.2, 0) is 4.74 Å². The van der Waals surface area contributed by atoms with Crippen molar-refractivity contribution in [2.24, 2.45) is 0 Å². The quantitative estimate of drug-likeness (QED) is 0.817. The number of rotatable bonds is 4. The average Bonchev–Trinajstić information content (AvgIpc) is 2.24. The molecule has 106 valence electrons. The molecule has 19 heavy (non-hydrogen) atoms. The van der Waals surface area contributed by atoms with Gasteiger partial charge in [-0.15, -0.1) is 0 Å². The number of hydrogen-bond acceptors (Lipinski definition) is 4. The van der Waals surface area contributed by atoms with Crippen LogP contribution in [0.2, 0.25) is 5.02 Å². The lowest BCUT2D eigenvalue weighted by Gasteiger charge is -2.19. The van der Waals surface area contributed by atoms with E-state index in [9.17, 15) is 4.79 Å². The lowest BCUT2D eigenvalue weighted by molar-refractivity contribution is 0.0530. The molecule has 0 unspecified atom stereocenters. The number of anilines is 1. The summed E-state index contributed by atoms with van der Waals surface area (Å²) in [6.07, 6.45) is 1.12. The Labute approximate surface area is 126 Å². The number of alkyl carbamates (subject to hydrolysis) is 1. The predicted molar refractivity (Wildman–Crippen MR) is 79.7 cm³/mol. The fourth-order valence-corrected chi connectivity index (χ4v) is 1.98. The fourth-order valence-electron chi connectivity index (χ4n) is 1.20. The van der Waals surface area contributed by atoms with Gasteiger partial charge in [-0.25, -0.2) is 9.78 Å². The van der Waals surface area contributed by atoms with E-state index in [0.29, 0.717) is 23.9 Å². The van der Waals surface area contributed by atoms with E-state index in [4.69, 9.17) is 16.3 Å². The monoisotopic (exact) mass is 349 g/mol. The first-order valence-corrected chi connectivity index (χ1v) is 6.97. The third-order valence-electron chi connectivity index (χ3n) is 1.89. The number of amides is 1. The van der Waals surface area contributed by atoms with Crippen LogP contribution >= 0.6 is 27.5 Å². The molecule has 0 saturated heterocycles. The summed E-state index contributed by atoms with van der Waals surface area (Å²) >= 11 is 9.13. The fraction of sp³-hybridized carbons (Fsp3) is 0.500. The zero-order valence-corrected chi connectivity index (χ0v) is 13.4. The van der Waals surface area contributed by atoms with E-state index in [2.05, 4.69) is 31.5 Å². The zero-order valence-electron chi connectivity index (χ0n) is 11.1. The highest BCUT2D eigenvalue weighted by Crippen LogP contribution is 2.22. The number of nitrogens with one attached hydrogen (secondary N) is 2. The van der Waals surface area contributed by atoms with Gasteiger partial charge in [0.25, 0.3) is 0 Å². The summed E-state index contributed by atoms with van der Waals surface area (Å²) in [5.41, 5.74) is -0.488. The van der Waals surface area contributed by atoms with Crippen molar-refractivity contribution in [2.75, 3.05) is 18.4 Å². The molecule has 0 saturated carbocycles. The lowest BCUT2D eigenvalue weighted by atomic mass is 10.2. The summed E-state index contributed by atoms with van der Waals surface area (Å²) in [7, 11) is 0. The van der Waals surface area contributed by atoms with Crippen LogP contribution < -0.4 is 10.6 Å². The number of pyridine rings is 1. The minimum absolute atomic E-state index is 0.433. The van der Waals surface area contributed by atoms with Crippen LogP contribution in [0.25, 0.3) is 0 Å². The third kappa shape index (κ3) is 6.63. The normalized spacial score (nSPS) is 11.0. The van der Waals surface area contributed by atoms with E-state index < -0.39 is 11.7 Å². The summed E-state index contributed by atoms with van der Waals surface area (Å²) in [6, 6.07) is 1.75. The van der Waals surface area contributed by atoms with E-state index in [0.717, 1.165) is 4.47 Å². The molecule has 0 aliphatic rings. The van der Waals surface area contributed by atoms with Gasteiger partial charge in [-0.2, -0.15) is 0 Å². The van der Waals surface area contributed by atoms with E-state index in [1.807, 2.05) is 20.8 Å². The maximum atomic E-state index is 11.4. The Morgan fingerprint density at radius 1 is 1.47 bits per heavy atom. The van der Waals surface area contributed by atoms with E-state index in [1.54, 1.807) is 12.3 Å². The van der Waals surface area contributed by atoms with Crippen molar-refractivity contribution in [2.45, 2.75) is 26.4 Å². The SMILES string of the molecule is CC(C)(C)OC(=O)NCCNc1ncc(Cl)cc1Br. The van der Waals surface area contributed by atoms with Gasteiger partial charge in [0.2, 0.25) is 0 Å². The maximum absolute atomic E-state index is 11.4. The molecule has 5 nitrogen and oxygen atoms in total. The molecular weight excluding hydrogens is 334 g/mol. The van der Waals surface area contributed by atoms with E-state index in [-0.39, 0.29) is 0 Å². The smallest absolute Gasteiger partial charge is 0.407 e. The van der Waals surface area contributed by atoms with Crippen LogP contribution in [0, 0.1) is 0 Å². The molecule has 0 atom stereocenters. The van der Waals surface area contributed by atoms with Crippen LogP contribution in [0.15, 0.2) is 16.7 Å². The van der Waals surface area contributed by atoms with Crippen LogP contribution in [0.1, 0.15) is 20.8 Å². The molecule has 0 fully saturated rings. The Kier molecular flexibility index (Phi) is 5.87. The van der Waals surface area contributed by atoms with Crippen molar-refractivity contribution < 1.29 is 9.53 Å². The van der Waals surface area contributed by atoms with Crippen molar-refractivity contribution in [3.63, 3.8) is 0 Å². The van der Waals surface area contributed by atoms with Gasteiger partial charge in [-0.3, -0.25) is 0 Å². The zero-order chi connectivity index (χ0) is 14.5. The number of halogens is 2. The molecule has 0 aliphatic heterocycles. The highest BCUT2D eigenvalue weighted by Gasteiger charge is 2.15. The standard InChI is InChI=1S/C12H17BrClN3O2/c1-12(2,3)19-11(18)16-5-4-15-10-9(13)6-8(14)7-17-10/h6-7H,4-5H2,1-3H3,(H,15,17)(H,16,18). The highest BCUT2D eigenvalue weighted by atomic mass is 79.9. The molecule has 1 aromatic heterocycles. The molecule has 1 heterocycles. The summed E-state index contributed by atoms with van der Waals surface area (Å²) in [5, 5.41) is 6.28. The minimum atomic E-state index is -0.488. The van der Waals surface area contributed by atoms with Crippen molar-refractivity contribution in [1.29, 1.82) is 0 Å². The summed E-state index contributed by atoms with van der Waals surface area (Å²) < 4.78 is 5.88. The molecule has 2 N–H and O–H groups in total. The molecule has 0 aliphatic carbocycles. The van der Waals surface area contributed by atoms with Crippen LogP contribution in [0.3, 0.4) is 0 Å². The summed E-state index contributed by atoms with van der Waals surface area (Å²) in [6.45, 7) is 6.43. The van der Waals surface area contributed by atoms with Crippen molar-refractivity contribution in [3.8, 4) is 0 Å². The second kappa shape index (κ2) is 6.96. The van der Waals surface area contributed by atoms with Gasteiger partial charge in [0.1, 0.15) is 11.4 Å². The van der Waals surface area contributed by atoms with Crippen molar-refractivity contribution in [3.05, 3.63) is 21.8 Å². The second-order valence-corrected chi connectivity index (χ2v) is 6.13. The molecule has 7 heteroatoms. The van der Waals surface area contributed by atoms with Gasteiger partial charge in [0.15, 0.2) is 0 Å². The van der Waals surface area contributed by atoms with Gasteiger partial charge < -0.3 is 15.4 Å². The van der Waals surface area contributed by atoms with Gasteiger partial charge in [-0.1, -0.05) is 11.6 Å². The first-order chi connectivity index (χ1) is 8.78. The van der Waals surface area contributed by atoms with Crippen LogP contribution in [0.4, 0.5) is 10.6 Å². The average molecular weight is 351 g/mol. The number of ether oxygens (including phenoxy) is 1. The van der Waals surface area contributed by atoms with Crippen LogP contribution in [-0.4, -0.2) is 29.8 Å². The first-order valence-electron chi connectivity index (χ1n) is 5.80. The maximum Gasteiger partial charge on any atom is 0.407 e. The molecular formula is C12H17BrClN3O2. The highest BCUT2D eigenvalue weighted by molar-refractivity contribution is 9.10. The van der Waals surface area contributed by atoms with Crippen molar-refractivity contribution >= 4 is 39.4 Å². The summed E-state index contributed by atoms with van der Waals surface area (Å²) in [5.74, 6) is 0.676. The molecule has 1 rings (SSSR count). The Morgan fingerprint density at radius 2 is 2.16 bits per heavy atom. The third-order valence-corrected chi connectivity index (χ3v) is 2.70. The molecule has 0 spiro atoms. The summed E-state index contributed by atoms with van der Waals surface area (Å²) in [4.78, 5) is 15.5. The lowest BCUT2D eigenvalue weighted by Crippen LogP contribution is -2.35. The van der Waals surface area contributed by atoms with Gasteiger partial charge in [0, 0.05) is 19.3 Å².